The Morgan fingerprint density at radius 3 is 2.48 bits per heavy atom. The smallest absolute Gasteiger partial charge is 0.260 e. The van der Waals surface area contributed by atoms with E-state index in [1.165, 1.54) is 6.92 Å². The Kier molecular flexibility index (Phi) is 7.95. The zero-order valence-electron chi connectivity index (χ0n) is 17.5. The maximum atomic E-state index is 12.5. The number of ether oxygens (including phenoxy) is 1. The number of aryl methyl sites for hydroxylation is 1. The minimum absolute atomic E-state index is 0.108. The fraction of sp³-hybridized carbons (Fsp3) is 0.348. The number of ketones is 1. The quantitative estimate of drug-likeness (QED) is 0.651. The van der Waals surface area contributed by atoms with Gasteiger partial charge in [0, 0.05) is 25.7 Å². The monoisotopic (exact) mass is 396 g/mol. The zero-order valence-corrected chi connectivity index (χ0v) is 17.5. The molecule has 0 unspecified atom stereocenters. The summed E-state index contributed by atoms with van der Waals surface area (Å²) >= 11 is 0. The van der Waals surface area contributed by atoms with Crippen LogP contribution in [0.5, 0.6) is 5.75 Å². The van der Waals surface area contributed by atoms with Crippen molar-refractivity contribution in [3.63, 3.8) is 0 Å². The molecule has 0 saturated carbocycles. The van der Waals surface area contributed by atoms with Crippen molar-refractivity contribution in [1.29, 1.82) is 0 Å². The Morgan fingerprint density at radius 1 is 1.10 bits per heavy atom. The Hall–Kier alpha value is -3.15. The molecule has 0 bridgehead atoms. The van der Waals surface area contributed by atoms with Crippen molar-refractivity contribution in [3.05, 3.63) is 59.2 Å². The van der Waals surface area contributed by atoms with Gasteiger partial charge in [-0.2, -0.15) is 0 Å². The average molecular weight is 396 g/mol. The second kappa shape index (κ2) is 10.4. The number of Topliss-reactive ketones (excluding diaryl/α,β-unsaturated/α-hetero) is 1. The predicted octanol–water partition coefficient (Wildman–Crippen LogP) is 3.97. The van der Waals surface area contributed by atoms with Gasteiger partial charge in [0.25, 0.3) is 5.91 Å². The van der Waals surface area contributed by atoms with Crippen LogP contribution in [-0.2, 0) is 16.1 Å². The van der Waals surface area contributed by atoms with E-state index in [0.29, 0.717) is 30.0 Å². The van der Waals surface area contributed by atoms with E-state index in [1.807, 2.05) is 38.1 Å². The lowest BCUT2D eigenvalue weighted by Crippen LogP contribution is -2.31. The van der Waals surface area contributed by atoms with Crippen LogP contribution in [0, 0.1) is 6.92 Å². The van der Waals surface area contributed by atoms with Gasteiger partial charge in [0.15, 0.2) is 12.4 Å². The lowest BCUT2D eigenvalue weighted by molar-refractivity contribution is -0.132. The van der Waals surface area contributed by atoms with Gasteiger partial charge in [-0.15, -0.1) is 0 Å². The number of nitrogens with zero attached hydrogens (tertiary/aromatic N) is 1. The standard InChI is InChI=1S/C23H28N2O4/c1-5-8-22(27)24-19-11-12-21(20(13-19)17(3)26)29-15-23(28)25(4)14-18-10-7-6-9-16(18)2/h6-7,9-13H,5,8,14-15H2,1-4H3,(H,24,27). The van der Waals surface area contributed by atoms with Crippen LogP contribution in [-0.4, -0.2) is 36.2 Å². The van der Waals surface area contributed by atoms with Gasteiger partial charge < -0.3 is 15.0 Å². The van der Waals surface area contributed by atoms with Crippen LogP contribution in [0.1, 0.15) is 48.2 Å². The molecule has 0 fully saturated rings. The highest BCUT2D eigenvalue weighted by molar-refractivity contribution is 5.99. The number of carbonyl (C=O) groups is 3. The molecule has 0 aliphatic carbocycles. The van der Waals surface area contributed by atoms with Crippen molar-refractivity contribution in [3.8, 4) is 5.75 Å². The number of likely N-dealkylation sites (N-methyl/N-ethyl adjacent to an activating group) is 1. The molecule has 6 heteroatoms. The van der Waals surface area contributed by atoms with Crippen LogP contribution in [0.25, 0.3) is 0 Å². The van der Waals surface area contributed by atoms with Crippen molar-refractivity contribution in [2.45, 2.75) is 40.2 Å². The molecule has 2 amide bonds. The van der Waals surface area contributed by atoms with Crippen molar-refractivity contribution < 1.29 is 19.1 Å². The Bertz CT molecular complexity index is 892. The molecule has 2 rings (SSSR count). The first-order chi connectivity index (χ1) is 13.8. The third-order valence-electron chi connectivity index (χ3n) is 4.57. The van der Waals surface area contributed by atoms with Crippen LogP contribution in [0.4, 0.5) is 5.69 Å². The minimum atomic E-state index is -0.202. The third kappa shape index (κ3) is 6.45. The molecule has 0 radical (unpaired) electrons. The van der Waals surface area contributed by atoms with E-state index in [-0.39, 0.29) is 24.2 Å². The summed E-state index contributed by atoms with van der Waals surface area (Å²) in [6.07, 6.45) is 1.15. The Morgan fingerprint density at radius 2 is 1.83 bits per heavy atom. The highest BCUT2D eigenvalue weighted by atomic mass is 16.5. The van der Waals surface area contributed by atoms with Crippen molar-refractivity contribution >= 4 is 23.3 Å². The van der Waals surface area contributed by atoms with E-state index in [1.54, 1.807) is 30.1 Å². The van der Waals surface area contributed by atoms with Gasteiger partial charge in [0.2, 0.25) is 5.91 Å². The van der Waals surface area contributed by atoms with Gasteiger partial charge in [-0.05, 0) is 49.6 Å². The molecule has 0 spiro atoms. The van der Waals surface area contributed by atoms with Gasteiger partial charge in [0.1, 0.15) is 5.75 Å². The summed E-state index contributed by atoms with van der Waals surface area (Å²) in [5, 5.41) is 2.76. The molecule has 0 saturated heterocycles. The van der Waals surface area contributed by atoms with E-state index in [9.17, 15) is 14.4 Å². The van der Waals surface area contributed by atoms with Gasteiger partial charge in [-0.25, -0.2) is 0 Å². The molecule has 0 aliphatic heterocycles. The van der Waals surface area contributed by atoms with Crippen LogP contribution in [0.3, 0.4) is 0 Å². The number of hydrogen-bond acceptors (Lipinski definition) is 4. The second-order valence-electron chi connectivity index (χ2n) is 7.03. The van der Waals surface area contributed by atoms with Crippen LogP contribution in [0.2, 0.25) is 0 Å². The van der Waals surface area contributed by atoms with Crippen molar-refractivity contribution in [2.24, 2.45) is 0 Å². The number of benzene rings is 2. The van der Waals surface area contributed by atoms with Crippen LogP contribution >= 0.6 is 0 Å². The van der Waals surface area contributed by atoms with Gasteiger partial charge in [-0.3, -0.25) is 14.4 Å². The summed E-state index contributed by atoms with van der Waals surface area (Å²) in [5.41, 5.74) is 3.05. The normalized spacial score (nSPS) is 10.3. The molecule has 29 heavy (non-hydrogen) atoms. The molecule has 6 nitrogen and oxygen atoms in total. The number of anilines is 1. The summed E-state index contributed by atoms with van der Waals surface area (Å²) in [4.78, 5) is 37.8. The molecule has 2 aromatic carbocycles. The fourth-order valence-electron chi connectivity index (χ4n) is 2.84. The summed E-state index contributed by atoms with van der Waals surface area (Å²) < 4.78 is 5.63. The first-order valence-corrected chi connectivity index (χ1v) is 9.68. The zero-order chi connectivity index (χ0) is 21.4. The topological polar surface area (TPSA) is 75.7 Å². The molecule has 154 valence electrons. The molecular weight excluding hydrogens is 368 g/mol. The minimum Gasteiger partial charge on any atom is -0.483 e. The van der Waals surface area contributed by atoms with Gasteiger partial charge >= 0.3 is 0 Å². The van der Waals surface area contributed by atoms with E-state index in [0.717, 1.165) is 17.5 Å². The summed E-state index contributed by atoms with van der Waals surface area (Å²) in [6.45, 7) is 5.65. The van der Waals surface area contributed by atoms with Crippen LogP contribution < -0.4 is 10.1 Å². The largest absolute Gasteiger partial charge is 0.483 e. The van der Waals surface area contributed by atoms with Crippen molar-refractivity contribution in [2.75, 3.05) is 19.0 Å². The van der Waals surface area contributed by atoms with Gasteiger partial charge in [-0.1, -0.05) is 31.2 Å². The first kappa shape index (κ1) is 22.1. The number of rotatable bonds is 9. The highest BCUT2D eigenvalue weighted by Crippen LogP contribution is 2.24. The molecule has 0 heterocycles. The number of nitrogens with one attached hydrogen (secondary N) is 1. The molecular formula is C23H28N2O4. The predicted molar refractivity (Wildman–Crippen MR) is 113 cm³/mol. The third-order valence-corrected chi connectivity index (χ3v) is 4.57. The SMILES string of the molecule is CCCC(=O)Nc1ccc(OCC(=O)N(C)Cc2ccccc2C)c(C(C)=O)c1. The Labute approximate surface area is 171 Å². The number of hydrogen-bond donors (Lipinski definition) is 1. The highest BCUT2D eigenvalue weighted by Gasteiger charge is 2.15. The Balaban J connectivity index is 2.03. The van der Waals surface area contributed by atoms with Crippen molar-refractivity contribution in [1.82, 2.24) is 4.90 Å². The summed E-state index contributed by atoms with van der Waals surface area (Å²) in [5.74, 6) is -0.178. The fourth-order valence-corrected chi connectivity index (χ4v) is 2.84. The first-order valence-electron chi connectivity index (χ1n) is 9.68. The molecule has 2 aromatic rings. The summed E-state index contributed by atoms with van der Waals surface area (Å²) in [7, 11) is 1.72. The maximum Gasteiger partial charge on any atom is 0.260 e. The number of amides is 2. The molecule has 0 aliphatic rings. The average Bonchev–Trinajstić information content (AvgIpc) is 2.68. The molecule has 0 atom stereocenters. The van der Waals surface area contributed by atoms with E-state index in [2.05, 4.69) is 5.32 Å². The van der Waals surface area contributed by atoms with E-state index in [4.69, 9.17) is 4.74 Å². The number of carbonyl (C=O) groups excluding carboxylic acids is 3. The maximum absolute atomic E-state index is 12.5. The molecule has 0 aromatic heterocycles. The van der Waals surface area contributed by atoms with E-state index < -0.39 is 0 Å². The lowest BCUT2D eigenvalue weighted by Gasteiger charge is -2.19. The lowest BCUT2D eigenvalue weighted by atomic mass is 10.1. The van der Waals surface area contributed by atoms with Crippen LogP contribution in [0.15, 0.2) is 42.5 Å². The van der Waals surface area contributed by atoms with Gasteiger partial charge in [0.05, 0.1) is 5.56 Å². The second-order valence-corrected chi connectivity index (χ2v) is 7.03. The summed E-state index contributed by atoms with van der Waals surface area (Å²) in [6, 6.07) is 12.7. The van der Waals surface area contributed by atoms with E-state index >= 15 is 0 Å². The molecule has 1 N–H and O–H groups in total.